The predicted octanol–water partition coefficient (Wildman–Crippen LogP) is 1.44. The van der Waals surface area contributed by atoms with Crippen LogP contribution in [0.1, 0.15) is 34.1 Å². The fourth-order valence-corrected chi connectivity index (χ4v) is 0.891. The molecule has 3 nitrogen and oxygen atoms in total. The van der Waals surface area contributed by atoms with Crippen LogP contribution in [0, 0.1) is 5.92 Å². The number of rotatable bonds is 5. The highest BCUT2D eigenvalue weighted by molar-refractivity contribution is 5.76. The van der Waals surface area contributed by atoms with Crippen molar-refractivity contribution in [2.45, 2.75) is 40.2 Å². The van der Waals surface area contributed by atoms with Crippen LogP contribution in [0.3, 0.4) is 0 Å². The molecular weight excluding hydrogens is 176 g/mol. The molecule has 0 spiro atoms. The molecule has 3 heteroatoms. The Morgan fingerprint density at radius 3 is 2.43 bits per heavy atom. The van der Waals surface area contributed by atoms with Gasteiger partial charge >= 0.3 is 0 Å². The van der Waals surface area contributed by atoms with Gasteiger partial charge in [0.2, 0.25) is 5.91 Å². The highest BCUT2D eigenvalue weighted by atomic mass is 16.1. The average Bonchev–Trinajstić information content (AvgIpc) is 2.02. The van der Waals surface area contributed by atoms with E-state index in [1.165, 1.54) is 5.57 Å². The lowest BCUT2D eigenvalue weighted by Gasteiger charge is -2.14. The SMILES string of the molecule is CC(C)=CCNC(=O)CC(N)C(C)C. The summed E-state index contributed by atoms with van der Waals surface area (Å²) in [6.07, 6.45) is 2.40. The largest absolute Gasteiger partial charge is 0.353 e. The quantitative estimate of drug-likeness (QED) is 0.657. The third-order valence-electron chi connectivity index (χ3n) is 2.09. The second kappa shape index (κ2) is 6.60. The molecule has 0 aliphatic heterocycles. The molecule has 1 atom stereocenters. The molecule has 0 aromatic rings. The number of carbonyl (C=O) groups is 1. The Kier molecular flexibility index (Phi) is 6.21. The predicted molar refractivity (Wildman–Crippen MR) is 59.9 cm³/mol. The van der Waals surface area contributed by atoms with Crippen LogP contribution in [-0.4, -0.2) is 18.5 Å². The molecule has 3 N–H and O–H groups in total. The zero-order valence-corrected chi connectivity index (χ0v) is 9.63. The molecule has 1 amide bonds. The molecule has 0 aromatic heterocycles. The van der Waals surface area contributed by atoms with Gasteiger partial charge in [-0.15, -0.1) is 0 Å². The monoisotopic (exact) mass is 198 g/mol. The van der Waals surface area contributed by atoms with Gasteiger partial charge in [0, 0.05) is 19.0 Å². The Balaban J connectivity index is 3.71. The molecule has 0 saturated carbocycles. The molecule has 0 bridgehead atoms. The summed E-state index contributed by atoms with van der Waals surface area (Å²) in [5.41, 5.74) is 6.98. The van der Waals surface area contributed by atoms with Crippen LogP contribution in [0.4, 0.5) is 0 Å². The van der Waals surface area contributed by atoms with Gasteiger partial charge in [-0.1, -0.05) is 25.5 Å². The smallest absolute Gasteiger partial charge is 0.221 e. The molecule has 0 aliphatic rings. The summed E-state index contributed by atoms with van der Waals surface area (Å²) in [6, 6.07) is -0.0401. The third kappa shape index (κ3) is 6.66. The van der Waals surface area contributed by atoms with E-state index in [-0.39, 0.29) is 11.9 Å². The van der Waals surface area contributed by atoms with Crippen LogP contribution in [0.2, 0.25) is 0 Å². The van der Waals surface area contributed by atoms with Gasteiger partial charge in [0.15, 0.2) is 0 Å². The molecule has 0 saturated heterocycles. The van der Waals surface area contributed by atoms with Crippen molar-refractivity contribution in [3.63, 3.8) is 0 Å². The Morgan fingerprint density at radius 1 is 1.43 bits per heavy atom. The minimum atomic E-state index is -0.0401. The lowest BCUT2D eigenvalue weighted by atomic mass is 10.0. The maximum Gasteiger partial charge on any atom is 0.221 e. The Labute approximate surface area is 86.8 Å². The van der Waals surface area contributed by atoms with Crippen molar-refractivity contribution < 1.29 is 4.79 Å². The molecule has 0 fully saturated rings. The molecule has 0 radical (unpaired) electrons. The van der Waals surface area contributed by atoms with Crippen molar-refractivity contribution in [3.8, 4) is 0 Å². The molecular formula is C11H22N2O. The number of nitrogens with two attached hydrogens (primary N) is 1. The van der Waals surface area contributed by atoms with E-state index >= 15 is 0 Å². The van der Waals surface area contributed by atoms with Crippen LogP contribution in [0.25, 0.3) is 0 Å². The van der Waals surface area contributed by atoms with Gasteiger partial charge in [-0.3, -0.25) is 4.79 Å². The zero-order valence-electron chi connectivity index (χ0n) is 9.63. The normalized spacial score (nSPS) is 12.4. The van der Waals surface area contributed by atoms with E-state index in [4.69, 9.17) is 5.73 Å². The van der Waals surface area contributed by atoms with E-state index in [0.29, 0.717) is 18.9 Å². The summed E-state index contributed by atoms with van der Waals surface area (Å²) >= 11 is 0. The van der Waals surface area contributed by atoms with Gasteiger partial charge in [0.05, 0.1) is 0 Å². The van der Waals surface area contributed by atoms with Crippen molar-refractivity contribution >= 4 is 5.91 Å². The van der Waals surface area contributed by atoms with Crippen LogP contribution in [0.5, 0.6) is 0 Å². The van der Waals surface area contributed by atoms with Gasteiger partial charge in [0.1, 0.15) is 0 Å². The van der Waals surface area contributed by atoms with Gasteiger partial charge in [-0.05, 0) is 19.8 Å². The first-order valence-corrected chi connectivity index (χ1v) is 5.09. The summed E-state index contributed by atoms with van der Waals surface area (Å²) in [5.74, 6) is 0.382. The van der Waals surface area contributed by atoms with Crippen LogP contribution < -0.4 is 11.1 Å². The highest BCUT2D eigenvalue weighted by Crippen LogP contribution is 2.02. The van der Waals surface area contributed by atoms with Crippen molar-refractivity contribution in [2.24, 2.45) is 11.7 Å². The first-order chi connectivity index (χ1) is 6.43. The van der Waals surface area contributed by atoms with E-state index in [2.05, 4.69) is 5.32 Å². The summed E-state index contributed by atoms with van der Waals surface area (Å²) in [6.45, 7) is 8.66. The summed E-state index contributed by atoms with van der Waals surface area (Å²) in [5, 5.41) is 2.80. The van der Waals surface area contributed by atoms with Gasteiger partial charge in [-0.25, -0.2) is 0 Å². The molecule has 14 heavy (non-hydrogen) atoms. The summed E-state index contributed by atoms with van der Waals surface area (Å²) in [7, 11) is 0. The zero-order chi connectivity index (χ0) is 11.1. The molecule has 0 aromatic carbocycles. The first kappa shape index (κ1) is 13.2. The summed E-state index contributed by atoms with van der Waals surface area (Å²) < 4.78 is 0. The highest BCUT2D eigenvalue weighted by Gasteiger charge is 2.11. The van der Waals surface area contributed by atoms with E-state index in [0.717, 1.165) is 0 Å². The van der Waals surface area contributed by atoms with Crippen molar-refractivity contribution in [1.29, 1.82) is 0 Å². The fraction of sp³-hybridized carbons (Fsp3) is 0.727. The van der Waals surface area contributed by atoms with E-state index in [1.807, 2.05) is 33.8 Å². The average molecular weight is 198 g/mol. The number of hydrogen-bond donors (Lipinski definition) is 2. The number of carbonyl (C=O) groups excluding carboxylic acids is 1. The van der Waals surface area contributed by atoms with Gasteiger partial charge < -0.3 is 11.1 Å². The van der Waals surface area contributed by atoms with Crippen molar-refractivity contribution in [2.75, 3.05) is 6.54 Å². The van der Waals surface area contributed by atoms with Crippen LogP contribution in [0.15, 0.2) is 11.6 Å². The topological polar surface area (TPSA) is 55.1 Å². The lowest BCUT2D eigenvalue weighted by Crippen LogP contribution is -2.34. The van der Waals surface area contributed by atoms with E-state index in [1.54, 1.807) is 0 Å². The maximum atomic E-state index is 11.3. The Hall–Kier alpha value is -0.830. The third-order valence-corrected chi connectivity index (χ3v) is 2.09. The molecule has 82 valence electrons. The molecule has 0 rings (SSSR count). The number of allylic oxidation sites excluding steroid dienone is 1. The second-order valence-corrected chi connectivity index (χ2v) is 4.20. The molecule has 1 unspecified atom stereocenters. The Morgan fingerprint density at radius 2 is 2.00 bits per heavy atom. The minimum Gasteiger partial charge on any atom is -0.353 e. The van der Waals surface area contributed by atoms with E-state index in [9.17, 15) is 4.79 Å². The second-order valence-electron chi connectivity index (χ2n) is 4.20. The Bertz CT molecular complexity index is 205. The fourth-order valence-electron chi connectivity index (χ4n) is 0.891. The molecule has 0 heterocycles. The standard InChI is InChI=1S/C11H22N2O/c1-8(2)5-6-13-11(14)7-10(12)9(3)4/h5,9-10H,6-7,12H2,1-4H3,(H,13,14). The van der Waals surface area contributed by atoms with Crippen LogP contribution >= 0.6 is 0 Å². The number of amides is 1. The summed E-state index contributed by atoms with van der Waals surface area (Å²) in [4.78, 5) is 11.3. The van der Waals surface area contributed by atoms with E-state index < -0.39 is 0 Å². The number of hydrogen-bond acceptors (Lipinski definition) is 2. The first-order valence-electron chi connectivity index (χ1n) is 5.09. The van der Waals surface area contributed by atoms with Gasteiger partial charge in [-0.2, -0.15) is 0 Å². The van der Waals surface area contributed by atoms with Crippen LogP contribution in [-0.2, 0) is 4.79 Å². The van der Waals surface area contributed by atoms with Crippen molar-refractivity contribution in [1.82, 2.24) is 5.32 Å². The van der Waals surface area contributed by atoms with Gasteiger partial charge in [0.25, 0.3) is 0 Å². The lowest BCUT2D eigenvalue weighted by molar-refractivity contribution is -0.121. The maximum absolute atomic E-state index is 11.3. The molecule has 0 aliphatic carbocycles. The minimum absolute atomic E-state index is 0.0312. The van der Waals surface area contributed by atoms with Crippen molar-refractivity contribution in [3.05, 3.63) is 11.6 Å². The number of nitrogens with one attached hydrogen (secondary N) is 1.